The smallest absolute Gasteiger partial charge is 0.142 e. The van der Waals surface area contributed by atoms with E-state index in [-0.39, 0.29) is 5.54 Å². The Morgan fingerprint density at radius 3 is 2.32 bits per heavy atom. The summed E-state index contributed by atoms with van der Waals surface area (Å²) in [5, 5.41) is 0. The van der Waals surface area contributed by atoms with Crippen molar-refractivity contribution < 1.29 is 0 Å². The van der Waals surface area contributed by atoms with Crippen molar-refractivity contribution in [1.29, 1.82) is 0 Å². The van der Waals surface area contributed by atoms with Gasteiger partial charge in [0.05, 0.1) is 5.69 Å². The van der Waals surface area contributed by atoms with E-state index in [1.54, 1.807) is 0 Å². The second-order valence-corrected chi connectivity index (χ2v) is 6.35. The van der Waals surface area contributed by atoms with Crippen molar-refractivity contribution >= 4 is 5.82 Å². The molecule has 1 aromatic heterocycles. The Morgan fingerprint density at radius 1 is 1.16 bits per heavy atom. The molecule has 0 unspecified atom stereocenters. The highest BCUT2D eigenvalue weighted by Crippen LogP contribution is 2.44. The van der Waals surface area contributed by atoms with Crippen molar-refractivity contribution in [1.82, 2.24) is 9.55 Å². The van der Waals surface area contributed by atoms with Crippen LogP contribution in [0.2, 0.25) is 0 Å². The molecule has 1 fully saturated rings. The molecule has 0 amide bonds. The normalized spacial score (nSPS) is 15.7. The molecule has 0 radical (unpaired) electrons. The first-order valence-corrected chi connectivity index (χ1v) is 6.92. The van der Waals surface area contributed by atoms with Gasteiger partial charge in [-0.05, 0) is 33.6 Å². The van der Waals surface area contributed by atoms with Gasteiger partial charge in [-0.25, -0.2) is 4.98 Å². The number of anilines is 1. The molecule has 1 saturated carbocycles. The Balaban J connectivity index is 2.20. The summed E-state index contributed by atoms with van der Waals surface area (Å²) in [6, 6.07) is 10.3. The molecule has 0 spiro atoms. The molecule has 1 aliphatic carbocycles. The zero-order valence-electron chi connectivity index (χ0n) is 11.9. The van der Waals surface area contributed by atoms with Gasteiger partial charge in [-0.1, -0.05) is 30.3 Å². The van der Waals surface area contributed by atoms with Gasteiger partial charge in [0.15, 0.2) is 0 Å². The van der Waals surface area contributed by atoms with Gasteiger partial charge in [-0.2, -0.15) is 0 Å². The number of hydrogen-bond acceptors (Lipinski definition) is 2. The second-order valence-electron chi connectivity index (χ2n) is 6.35. The van der Waals surface area contributed by atoms with Crippen LogP contribution < -0.4 is 5.73 Å². The highest BCUT2D eigenvalue weighted by atomic mass is 15.2. The fraction of sp³-hybridized carbons (Fsp3) is 0.438. The molecule has 2 N–H and O–H groups in total. The zero-order chi connectivity index (χ0) is 13.6. The Morgan fingerprint density at radius 2 is 1.79 bits per heavy atom. The Bertz CT molecular complexity index is 586. The predicted molar refractivity (Wildman–Crippen MR) is 79.0 cm³/mol. The molecule has 3 heteroatoms. The lowest BCUT2D eigenvalue weighted by Crippen LogP contribution is -2.24. The molecule has 0 aliphatic heterocycles. The number of imidazole rings is 1. The molecule has 3 nitrogen and oxygen atoms in total. The van der Waals surface area contributed by atoms with E-state index >= 15 is 0 Å². The largest absolute Gasteiger partial charge is 0.384 e. The summed E-state index contributed by atoms with van der Waals surface area (Å²) in [6.45, 7) is 6.52. The molecule has 1 heterocycles. The summed E-state index contributed by atoms with van der Waals surface area (Å²) in [6.07, 6.45) is 2.44. The van der Waals surface area contributed by atoms with Gasteiger partial charge in [0.1, 0.15) is 11.6 Å². The van der Waals surface area contributed by atoms with Gasteiger partial charge >= 0.3 is 0 Å². The SMILES string of the molecule is CC(C)(C)n1c(-c2ccccc2)nc(C2CC2)c1N. The van der Waals surface area contributed by atoms with Gasteiger partial charge in [0.25, 0.3) is 0 Å². The average Bonchev–Trinajstić information content (AvgIpc) is 3.12. The monoisotopic (exact) mass is 255 g/mol. The maximum Gasteiger partial charge on any atom is 0.142 e. The van der Waals surface area contributed by atoms with E-state index < -0.39 is 0 Å². The molecule has 2 aromatic rings. The summed E-state index contributed by atoms with van der Waals surface area (Å²) in [7, 11) is 0. The minimum Gasteiger partial charge on any atom is -0.384 e. The lowest BCUT2D eigenvalue weighted by molar-refractivity contribution is 0.406. The van der Waals surface area contributed by atoms with Crippen molar-refractivity contribution in [2.75, 3.05) is 5.73 Å². The van der Waals surface area contributed by atoms with Crippen LogP contribution in [0.25, 0.3) is 11.4 Å². The third-order valence-corrected chi connectivity index (χ3v) is 3.61. The first-order chi connectivity index (χ1) is 8.98. The van der Waals surface area contributed by atoms with E-state index in [0.29, 0.717) is 5.92 Å². The topological polar surface area (TPSA) is 43.8 Å². The van der Waals surface area contributed by atoms with Crippen LogP contribution in [-0.4, -0.2) is 9.55 Å². The molecule has 0 saturated heterocycles. The number of nitrogens with two attached hydrogens (primary N) is 1. The van der Waals surface area contributed by atoms with Crippen LogP contribution >= 0.6 is 0 Å². The van der Waals surface area contributed by atoms with Crippen LogP contribution in [0.15, 0.2) is 30.3 Å². The lowest BCUT2D eigenvalue weighted by atomic mass is 10.1. The number of benzene rings is 1. The van der Waals surface area contributed by atoms with Crippen molar-refractivity contribution in [2.45, 2.75) is 45.1 Å². The third-order valence-electron chi connectivity index (χ3n) is 3.61. The summed E-state index contributed by atoms with van der Waals surface area (Å²) in [5.41, 5.74) is 8.54. The minimum absolute atomic E-state index is 0.0601. The van der Waals surface area contributed by atoms with Crippen LogP contribution in [0.5, 0.6) is 0 Å². The highest BCUT2D eigenvalue weighted by molar-refractivity contribution is 5.62. The number of aromatic nitrogens is 2. The number of hydrogen-bond donors (Lipinski definition) is 1. The molecule has 100 valence electrons. The maximum absolute atomic E-state index is 6.37. The van der Waals surface area contributed by atoms with Crippen LogP contribution in [-0.2, 0) is 5.54 Å². The van der Waals surface area contributed by atoms with Crippen LogP contribution in [0, 0.1) is 0 Å². The molecular formula is C16H21N3. The van der Waals surface area contributed by atoms with Crippen molar-refractivity contribution in [3.8, 4) is 11.4 Å². The number of nitrogen functional groups attached to an aromatic ring is 1. The van der Waals surface area contributed by atoms with Crippen molar-refractivity contribution in [3.05, 3.63) is 36.0 Å². The molecular weight excluding hydrogens is 234 g/mol. The van der Waals surface area contributed by atoms with Gasteiger partial charge in [0, 0.05) is 17.0 Å². The molecule has 3 rings (SSSR count). The molecule has 1 aliphatic rings. The highest BCUT2D eigenvalue weighted by Gasteiger charge is 2.33. The summed E-state index contributed by atoms with van der Waals surface area (Å²) < 4.78 is 2.18. The molecule has 0 atom stereocenters. The van der Waals surface area contributed by atoms with Gasteiger partial charge in [-0.15, -0.1) is 0 Å². The Hall–Kier alpha value is -1.77. The van der Waals surface area contributed by atoms with Gasteiger partial charge in [-0.3, -0.25) is 0 Å². The van der Waals surface area contributed by atoms with Crippen LogP contribution in [0.1, 0.15) is 45.2 Å². The van der Waals surface area contributed by atoms with Crippen LogP contribution in [0.3, 0.4) is 0 Å². The Labute approximate surface area is 114 Å². The van der Waals surface area contributed by atoms with Gasteiger partial charge < -0.3 is 10.3 Å². The van der Waals surface area contributed by atoms with Gasteiger partial charge in [0.2, 0.25) is 0 Å². The van der Waals surface area contributed by atoms with E-state index in [2.05, 4.69) is 37.5 Å². The van der Waals surface area contributed by atoms with Crippen molar-refractivity contribution in [3.63, 3.8) is 0 Å². The second kappa shape index (κ2) is 4.12. The third kappa shape index (κ3) is 2.14. The summed E-state index contributed by atoms with van der Waals surface area (Å²) in [5.74, 6) is 2.41. The molecule has 0 bridgehead atoms. The number of rotatable bonds is 2. The lowest BCUT2D eigenvalue weighted by Gasteiger charge is -2.25. The van der Waals surface area contributed by atoms with Crippen molar-refractivity contribution in [2.24, 2.45) is 0 Å². The predicted octanol–water partition coefficient (Wildman–Crippen LogP) is 3.76. The summed E-state index contributed by atoms with van der Waals surface area (Å²) >= 11 is 0. The molecule has 19 heavy (non-hydrogen) atoms. The van der Waals surface area contributed by atoms with E-state index in [1.165, 1.54) is 12.8 Å². The van der Waals surface area contributed by atoms with E-state index in [4.69, 9.17) is 10.7 Å². The standard InChI is InChI=1S/C16H21N3/c1-16(2,3)19-14(17)13(11-9-10-11)18-15(19)12-7-5-4-6-8-12/h4-8,11H,9-10,17H2,1-3H3. The first-order valence-electron chi connectivity index (χ1n) is 6.92. The van der Waals surface area contributed by atoms with E-state index in [9.17, 15) is 0 Å². The quantitative estimate of drug-likeness (QED) is 0.887. The summed E-state index contributed by atoms with van der Waals surface area (Å²) in [4.78, 5) is 4.85. The maximum atomic E-state index is 6.37. The fourth-order valence-corrected chi connectivity index (χ4v) is 2.57. The number of nitrogens with zero attached hydrogens (tertiary/aromatic N) is 2. The Kier molecular flexibility index (Phi) is 2.66. The zero-order valence-corrected chi connectivity index (χ0v) is 11.9. The minimum atomic E-state index is -0.0601. The van der Waals surface area contributed by atoms with E-state index in [0.717, 1.165) is 22.9 Å². The fourth-order valence-electron chi connectivity index (χ4n) is 2.57. The average molecular weight is 255 g/mol. The molecule has 1 aromatic carbocycles. The first kappa shape index (κ1) is 12.3. The van der Waals surface area contributed by atoms with Crippen LogP contribution in [0.4, 0.5) is 5.82 Å². The van der Waals surface area contributed by atoms with E-state index in [1.807, 2.05) is 18.2 Å².